The van der Waals surface area contributed by atoms with Gasteiger partial charge in [0.25, 0.3) is 0 Å². The topological polar surface area (TPSA) is 63.6 Å². The van der Waals surface area contributed by atoms with Gasteiger partial charge in [-0.3, -0.25) is 4.55 Å². The smallest absolute Gasteiger partial charge is 0.264 e. The predicted molar refractivity (Wildman–Crippen MR) is 134 cm³/mol. The Kier molecular flexibility index (Phi) is 7.01. The molecule has 0 aliphatic heterocycles. The van der Waals surface area contributed by atoms with Gasteiger partial charge in [-0.25, -0.2) is 4.18 Å². The molecule has 0 saturated heterocycles. The minimum atomic E-state index is -4.39. The standard InChI is InChI=1S/C28H46O4S/c1-18(2)19(3)7-8-20(4)24-11-12-25-23-10-9-21-17-22(32-33(29,30)31)13-15-27(21,5)26(23)14-16-28(24,25)6/h9,18,20,22-26H,3,7-8,10-17H2,1-2,4-6H3,(H,29,30,31). The van der Waals surface area contributed by atoms with Gasteiger partial charge in [0.15, 0.2) is 0 Å². The Labute approximate surface area is 202 Å². The van der Waals surface area contributed by atoms with Crippen LogP contribution in [0.15, 0.2) is 23.8 Å². The summed E-state index contributed by atoms with van der Waals surface area (Å²) in [5.41, 5.74) is 3.38. The molecule has 4 nitrogen and oxygen atoms in total. The van der Waals surface area contributed by atoms with Crippen molar-refractivity contribution in [3.05, 3.63) is 23.8 Å². The van der Waals surface area contributed by atoms with Crippen LogP contribution in [0.4, 0.5) is 0 Å². The van der Waals surface area contributed by atoms with Gasteiger partial charge >= 0.3 is 10.4 Å². The normalized spacial score (nSPS) is 41.7. The van der Waals surface area contributed by atoms with E-state index in [4.69, 9.17) is 8.74 Å². The van der Waals surface area contributed by atoms with E-state index in [1.54, 1.807) is 0 Å². The van der Waals surface area contributed by atoms with Gasteiger partial charge in [0.2, 0.25) is 0 Å². The number of hydrogen-bond donors (Lipinski definition) is 1. The van der Waals surface area contributed by atoms with Crippen LogP contribution >= 0.6 is 0 Å². The van der Waals surface area contributed by atoms with Crippen LogP contribution in [-0.2, 0) is 14.6 Å². The summed E-state index contributed by atoms with van der Waals surface area (Å²) in [5, 5.41) is 0. The maximum atomic E-state index is 11.2. The lowest BCUT2D eigenvalue weighted by Gasteiger charge is -2.58. The fourth-order valence-electron chi connectivity index (χ4n) is 8.76. The Bertz CT molecular complexity index is 890. The van der Waals surface area contributed by atoms with Crippen LogP contribution in [0.5, 0.6) is 0 Å². The van der Waals surface area contributed by atoms with Crippen molar-refractivity contribution in [2.75, 3.05) is 0 Å². The van der Waals surface area contributed by atoms with E-state index in [0.29, 0.717) is 30.1 Å². The molecule has 188 valence electrons. The molecule has 0 heterocycles. The van der Waals surface area contributed by atoms with Crippen molar-refractivity contribution in [1.29, 1.82) is 0 Å². The SMILES string of the molecule is C=C(CCC(C)C1CCC2C3CC=C4CC(OS(=O)(=O)O)CCC4(C)C3CCC12C)C(C)C. The highest BCUT2D eigenvalue weighted by Crippen LogP contribution is 2.67. The zero-order valence-electron chi connectivity index (χ0n) is 21.5. The summed E-state index contributed by atoms with van der Waals surface area (Å²) in [6.07, 6.45) is 13.2. The molecule has 4 aliphatic carbocycles. The average molecular weight is 479 g/mol. The zero-order chi connectivity index (χ0) is 24.2. The minimum Gasteiger partial charge on any atom is -0.264 e. The van der Waals surface area contributed by atoms with Crippen LogP contribution in [0.25, 0.3) is 0 Å². The van der Waals surface area contributed by atoms with Gasteiger partial charge in [-0.2, -0.15) is 8.42 Å². The first-order valence-corrected chi connectivity index (χ1v) is 14.7. The molecule has 4 aliphatic rings. The third kappa shape index (κ3) is 4.76. The van der Waals surface area contributed by atoms with Gasteiger partial charge in [0.1, 0.15) is 0 Å². The fraction of sp³-hybridized carbons (Fsp3) is 0.857. The second-order valence-electron chi connectivity index (χ2n) is 12.7. The zero-order valence-corrected chi connectivity index (χ0v) is 22.3. The highest BCUT2D eigenvalue weighted by molar-refractivity contribution is 7.80. The highest BCUT2D eigenvalue weighted by Gasteiger charge is 2.59. The molecule has 0 aromatic carbocycles. The van der Waals surface area contributed by atoms with Gasteiger partial charge in [-0.15, -0.1) is 0 Å². The monoisotopic (exact) mass is 478 g/mol. The van der Waals surface area contributed by atoms with E-state index in [1.165, 1.54) is 49.7 Å². The second kappa shape index (κ2) is 9.09. The minimum absolute atomic E-state index is 0.155. The molecule has 5 heteroatoms. The molecule has 0 aromatic heterocycles. The van der Waals surface area contributed by atoms with Crippen molar-refractivity contribution >= 4 is 10.4 Å². The average Bonchev–Trinajstić information content (AvgIpc) is 3.08. The van der Waals surface area contributed by atoms with E-state index >= 15 is 0 Å². The predicted octanol–water partition coefficient (Wildman–Crippen LogP) is 7.38. The number of fused-ring (bicyclic) bond motifs is 5. The van der Waals surface area contributed by atoms with Crippen molar-refractivity contribution in [2.45, 2.75) is 105 Å². The van der Waals surface area contributed by atoms with E-state index in [9.17, 15) is 8.42 Å². The Balaban J connectivity index is 1.47. The number of rotatable bonds is 7. The summed E-state index contributed by atoms with van der Waals surface area (Å²) >= 11 is 0. The quantitative estimate of drug-likeness (QED) is 0.306. The molecule has 4 rings (SSSR count). The second-order valence-corrected chi connectivity index (χ2v) is 13.8. The van der Waals surface area contributed by atoms with Crippen molar-refractivity contribution < 1.29 is 17.2 Å². The van der Waals surface area contributed by atoms with Crippen LogP contribution < -0.4 is 0 Å². The summed E-state index contributed by atoms with van der Waals surface area (Å²) in [6.45, 7) is 16.4. The fourth-order valence-corrected chi connectivity index (χ4v) is 9.27. The molecule has 33 heavy (non-hydrogen) atoms. The van der Waals surface area contributed by atoms with Crippen LogP contribution in [0.2, 0.25) is 0 Å². The van der Waals surface area contributed by atoms with Crippen LogP contribution in [0.1, 0.15) is 98.8 Å². The lowest BCUT2D eigenvalue weighted by atomic mass is 9.47. The first kappa shape index (κ1) is 25.4. The lowest BCUT2D eigenvalue weighted by Crippen LogP contribution is -2.51. The van der Waals surface area contributed by atoms with E-state index in [1.807, 2.05) is 0 Å². The molecule has 0 spiro atoms. The third-order valence-corrected chi connectivity index (χ3v) is 11.3. The molecule has 1 N–H and O–H groups in total. The maximum Gasteiger partial charge on any atom is 0.397 e. The molecule has 0 radical (unpaired) electrons. The van der Waals surface area contributed by atoms with Crippen molar-refractivity contribution in [1.82, 2.24) is 0 Å². The molecule has 0 amide bonds. The largest absolute Gasteiger partial charge is 0.397 e. The van der Waals surface area contributed by atoms with E-state index in [2.05, 4.69) is 47.3 Å². The highest BCUT2D eigenvalue weighted by atomic mass is 32.3. The molecule has 3 fully saturated rings. The van der Waals surface area contributed by atoms with Gasteiger partial charge in [0.05, 0.1) is 6.10 Å². The molecule has 8 atom stereocenters. The van der Waals surface area contributed by atoms with Gasteiger partial charge < -0.3 is 0 Å². The van der Waals surface area contributed by atoms with Crippen LogP contribution in [0, 0.1) is 46.3 Å². The number of hydrogen-bond acceptors (Lipinski definition) is 3. The summed E-state index contributed by atoms with van der Waals surface area (Å²) in [7, 11) is -4.39. The van der Waals surface area contributed by atoms with E-state index in [0.717, 1.165) is 36.5 Å². The van der Waals surface area contributed by atoms with Crippen molar-refractivity contribution in [2.24, 2.45) is 46.3 Å². The summed E-state index contributed by atoms with van der Waals surface area (Å²) in [5.74, 6) is 4.40. The summed E-state index contributed by atoms with van der Waals surface area (Å²) in [4.78, 5) is 0. The van der Waals surface area contributed by atoms with Crippen LogP contribution in [0.3, 0.4) is 0 Å². The van der Waals surface area contributed by atoms with E-state index < -0.39 is 16.5 Å². The molecule has 3 saturated carbocycles. The Morgan fingerprint density at radius 2 is 1.88 bits per heavy atom. The lowest BCUT2D eigenvalue weighted by molar-refractivity contribution is -0.0559. The van der Waals surface area contributed by atoms with Crippen molar-refractivity contribution in [3.8, 4) is 0 Å². The molecule has 0 bridgehead atoms. The third-order valence-electron chi connectivity index (χ3n) is 10.8. The maximum absolute atomic E-state index is 11.2. The van der Waals surface area contributed by atoms with Gasteiger partial charge in [-0.05, 0) is 111 Å². The molecule has 8 unspecified atom stereocenters. The van der Waals surface area contributed by atoms with E-state index in [-0.39, 0.29) is 5.41 Å². The molecular weight excluding hydrogens is 432 g/mol. The first-order valence-electron chi connectivity index (χ1n) is 13.4. The van der Waals surface area contributed by atoms with Gasteiger partial charge in [0, 0.05) is 0 Å². The van der Waals surface area contributed by atoms with Crippen molar-refractivity contribution in [3.63, 3.8) is 0 Å². The summed E-state index contributed by atoms with van der Waals surface area (Å²) in [6, 6.07) is 0. The van der Waals surface area contributed by atoms with Crippen LogP contribution in [-0.4, -0.2) is 19.1 Å². The van der Waals surface area contributed by atoms with Gasteiger partial charge in [-0.1, -0.05) is 58.4 Å². The molecular formula is C28H46O4S. The Morgan fingerprint density at radius 3 is 2.55 bits per heavy atom. The Hall–Kier alpha value is -0.650. The summed E-state index contributed by atoms with van der Waals surface area (Å²) < 4.78 is 36.6. The number of allylic oxidation sites excluding steroid dienone is 2. The Morgan fingerprint density at radius 1 is 1.15 bits per heavy atom. The molecule has 0 aromatic rings. The first-order chi connectivity index (χ1) is 15.3.